The van der Waals surface area contributed by atoms with Crippen LogP contribution in [0.4, 0.5) is 0 Å². The van der Waals surface area contributed by atoms with Crippen molar-refractivity contribution >= 4 is 10.8 Å². The Bertz CT molecular complexity index is 1230. The van der Waals surface area contributed by atoms with Crippen molar-refractivity contribution in [3.05, 3.63) is 140 Å². The lowest BCUT2D eigenvalue weighted by Gasteiger charge is -2.20. The molecule has 0 N–H and O–H groups in total. The summed E-state index contributed by atoms with van der Waals surface area (Å²) in [6.07, 6.45) is 5.24. The molecule has 0 fully saturated rings. The van der Waals surface area contributed by atoms with Crippen molar-refractivity contribution in [2.75, 3.05) is 19.8 Å². The minimum absolute atomic E-state index is 0.0537. The van der Waals surface area contributed by atoms with Gasteiger partial charge in [-0.15, -0.1) is 0 Å². The van der Waals surface area contributed by atoms with Crippen molar-refractivity contribution < 1.29 is 14.2 Å². The SMILES string of the molecule is C=CCOc1ccc(C(c2ccc(OCC=C)cc2)c2ccc3cc(OCC=C)ccc3c2)cc1. The van der Waals surface area contributed by atoms with Crippen LogP contribution in [0.2, 0.25) is 0 Å². The molecule has 0 saturated heterocycles. The lowest BCUT2D eigenvalue weighted by Crippen LogP contribution is -2.04. The summed E-state index contributed by atoms with van der Waals surface area (Å²) in [5, 5.41) is 2.30. The van der Waals surface area contributed by atoms with Crippen molar-refractivity contribution in [2.24, 2.45) is 0 Å². The second-order valence-electron chi connectivity index (χ2n) is 8.14. The van der Waals surface area contributed by atoms with Crippen LogP contribution in [-0.2, 0) is 0 Å². The molecule has 4 aromatic rings. The first kappa shape index (κ1) is 23.9. The Morgan fingerprint density at radius 2 is 0.886 bits per heavy atom. The highest BCUT2D eigenvalue weighted by molar-refractivity contribution is 5.85. The van der Waals surface area contributed by atoms with Crippen LogP contribution in [-0.4, -0.2) is 19.8 Å². The van der Waals surface area contributed by atoms with E-state index in [-0.39, 0.29) is 5.92 Å². The molecule has 0 aliphatic carbocycles. The van der Waals surface area contributed by atoms with Crippen LogP contribution in [0.5, 0.6) is 17.2 Å². The van der Waals surface area contributed by atoms with Crippen LogP contribution in [0.1, 0.15) is 22.6 Å². The lowest BCUT2D eigenvalue weighted by atomic mass is 9.84. The summed E-state index contributed by atoms with van der Waals surface area (Å²) < 4.78 is 17.1. The second kappa shape index (κ2) is 11.8. The Labute approximate surface area is 207 Å². The minimum Gasteiger partial charge on any atom is -0.490 e. The highest BCUT2D eigenvalue weighted by atomic mass is 16.5. The first-order valence-corrected chi connectivity index (χ1v) is 11.7. The van der Waals surface area contributed by atoms with E-state index < -0.39 is 0 Å². The third-order valence-electron chi connectivity index (χ3n) is 5.70. The van der Waals surface area contributed by atoms with E-state index in [0.717, 1.165) is 28.0 Å². The Kier molecular flexibility index (Phi) is 8.03. The molecule has 0 aromatic heterocycles. The summed E-state index contributed by atoms with van der Waals surface area (Å²) in [4.78, 5) is 0. The molecule has 4 rings (SSSR count). The molecule has 0 saturated carbocycles. The van der Waals surface area contributed by atoms with E-state index in [9.17, 15) is 0 Å². The molecular weight excluding hydrogens is 432 g/mol. The average Bonchev–Trinajstić information content (AvgIpc) is 2.91. The maximum Gasteiger partial charge on any atom is 0.120 e. The number of hydrogen-bond acceptors (Lipinski definition) is 3. The average molecular weight is 463 g/mol. The molecule has 0 bridgehead atoms. The van der Waals surface area contributed by atoms with E-state index in [1.807, 2.05) is 30.3 Å². The first-order chi connectivity index (χ1) is 17.2. The summed E-state index contributed by atoms with van der Waals surface area (Å²) in [7, 11) is 0. The van der Waals surface area contributed by atoms with Crippen LogP contribution in [0.25, 0.3) is 10.8 Å². The van der Waals surface area contributed by atoms with Gasteiger partial charge in [-0.2, -0.15) is 0 Å². The zero-order valence-corrected chi connectivity index (χ0v) is 19.9. The molecule has 0 unspecified atom stereocenters. The standard InChI is InChI=1S/C32H30O3/c1-4-19-33-29-14-9-24(10-15-29)32(25-11-16-30(17-12-25)34-20-5-2)28-8-7-27-23-31(35-21-6-3)18-13-26(27)22-28/h4-18,22-23,32H,1-3,19-21H2. The van der Waals surface area contributed by atoms with E-state index in [0.29, 0.717) is 19.8 Å². The Morgan fingerprint density at radius 1 is 0.486 bits per heavy atom. The van der Waals surface area contributed by atoms with Crippen molar-refractivity contribution in [1.82, 2.24) is 0 Å². The van der Waals surface area contributed by atoms with Gasteiger partial charge in [0.1, 0.15) is 37.1 Å². The van der Waals surface area contributed by atoms with Gasteiger partial charge >= 0.3 is 0 Å². The van der Waals surface area contributed by atoms with Gasteiger partial charge in [-0.25, -0.2) is 0 Å². The molecule has 0 aliphatic heterocycles. The van der Waals surface area contributed by atoms with Gasteiger partial charge in [0.15, 0.2) is 0 Å². The molecule has 3 nitrogen and oxygen atoms in total. The second-order valence-corrected chi connectivity index (χ2v) is 8.14. The maximum absolute atomic E-state index is 5.70. The number of fused-ring (bicyclic) bond motifs is 1. The minimum atomic E-state index is 0.0537. The molecule has 3 heteroatoms. The van der Waals surface area contributed by atoms with E-state index in [4.69, 9.17) is 14.2 Å². The lowest BCUT2D eigenvalue weighted by molar-refractivity contribution is 0.363. The van der Waals surface area contributed by atoms with Gasteiger partial charge in [0.2, 0.25) is 0 Å². The predicted molar refractivity (Wildman–Crippen MR) is 145 cm³/mol. The number of benzene rings is 4. The Hall–Kier alpha value is -4.24. The number of rotatable bonds is 12. The summed E-state index contributed by atoms with van der Waals surface area (Å²) >= 11 is 0. The van der Waals surface area contributed by atoms with Crippen LogP contribution in [0.15, 0.2) is 123 Å². The molecule has 0 heterocycles. The molecule has 4 aromatic carbocycles. The highest BCUT2D eigenvalue weighted by Crippen LogP contribution is 2.35. The van der Waals surface area contributed by atoms with E-state index in [1.165, 1.54) is 16.7 Å². The van der Waals surface area contributed by atoms with Crippen molar-refractivity contribution in [3.8, 4) is 17.2 Å². The molecule has 0 atom stereocenters. The molecule has 0 spiro atoms. The van der Waals surface area contributed by atoms with Crippen LogP contribution in [0.3, 0.4) is 0 Å². The Balaban J connectivity index is 1.71. The van der Waals surface area contributed by atoms with Gasteiger partial charge in [-0.05, 0) is 63.9 Å². The topological polar surface area (TPSA) is 27.7 Å². The van der Waals surface area contributed by atoms with Gasteiger partial charge in [0, 0.05) is 5.92 Å². The monoisotopic (exact) mass is 462 g/mol. The molecule has 0 radical (unpaired) electrons. The molecule has 35 heavy (non-hydrogen) atoms. The van der Waals surface area contributed by atoms with Gasteiger partial charge in [-0.3, -0.25) is 0 Å². The summed E-state index contributed by atoms with van der Waals surface area (Å²) in [5.74, 6) is 2.54. The summed E-state index contributed by atoms with van der Waals surface area (Å²) in [5.41, 5.74) is 3.57. The van der Waals surface area contributed by atoms with Crippen molar-refractivity contribution in [2.45, 2.75) is 5.92 Å². The van der Waals surface area contributed by atoms with E-state index >= 15 is 0 Å². The summed E-state index contributed by atoms with van der Waals surface area (Å²) in [6, 6.07) is 29.3. The smallest absolute Gasteiger partial charge is 0.120 e. The van der Waals surface area contributed by atoms with Crippen LogP contribution in [0, 0.1) is 0 Å². The highest BCUT2D eigenvalue weighted by Gasteiger charge is 2.18. The maximum atomic E-state index is 5.70. The molecule has 176 valence electrons. The zero-order chi connectivity index (χ0) is 24.5. The zero-order valence-electron chi connectivity index (χ0n) is 19.9. The van der Waals surface area contributed by atoms with Crippen molar-refractivity contribution in [1.29, 1.82) is 0 Å². The molecule has 0 amide bonds. The third-order valence-corrected chi connectivity index (χ3v) is 5.70. The van der Waals surface area contributed by atoms with E-state index in [1.54, 1.807) is 18.2 Å². The normalized spacial score (nSPS) is 10.7. The number of ether oxygens (including phenoxy) is 3. The van der Waals surface area contributed by atoms with Crippen LogP contribution < -0.4 is 14.2 Å². The van der Waals surface area contributed by atoms with Gasteiger partial charge in [-0.1, -0.05) is 86.5 Å². The number of hydrogen-bond donors (Lipinski definition) is 0. The van der Waals surface area contributed by atoms with Crippen molar-refractivity contribution in [3.63, 3.8) is 0 Å². The fourth-order valence-corrected chi connectivity index (χ4v) is 4.07. The summed E-state index contributed by atoms with van der Waals surface area (Å²) in [6.45, 7) is 12.6. The van der Waals surface area contributed by atoms with Gasteiger partial charge in [0.25, 0.3) is 0 Å². The third kappa shape index (κ3) is 6.01. The van der Waals surface area contributed by atoms with E-state index in [2.05, 4.69) is 74.3 Å². The van der Waals surface area contributed by atoms with Gasteiger partial charge in [0.05, 0.1) is 0 Å². The Morgan fingerprint density at radius 3 is 1.40 bits per heavy atom. The van der Waals surface area contributed by atoms with Gasteiger partial charge < -0.3 is 14.2 Å². The fraction of sp³-hybridized carbons (Fsp3) is 0.125. The fourth-order valence-electron chi connectivity index (χ4n) is 4.07. The molecular formula is C32H30O3. The predicted octanol–water partition coefficient (Wildman–Crippen LogP) is 7.71. The first-order valence-electron chi connectivity index (χ1n) is 11.7. The quantitative estimate of drug-likeness (QED) is 0.159. The largest absolute Gasteiger partial charge is 0.490 e. The molecule has 0 aliphatic rings. The van der Waals surface area contributed by atoms with Crippen LogP contribution >= 0.6 is 0 Å².